The van der Waals surface area contributed by atoms with E-state index in [2.05, 4.69) is 29.2 Å². The second kappa shape index (κ2) is 7.63. The quantitative estimate of drug-likeness (QED) is 0.658. The summed E-state index contributed by atoms with van der Waals surface area (Å²) in [5.41, 5.74) is 1.50. The number of nitrogens with zero attached hydrogens (tertiary/aromatic N) is 1. The molecule has 1 amide bonds. The van der Waals surface area contributed by atoms with Gasteiger partial charge in [0.05, 0.1) is 5.54 Å². The van der Waals surface area contributed by atoms with Gasteiger partial charge in [0.2, 0.25) is 5.91 Å². The van der Waals surface area contributed by atoms with E-state index < -0.39 is 0 Å². The number of likely N-dealkylation sites (tertiary alicyclic amines) is 1. The van der Waals surface area contributed by atoms with E-state index in [1.54, 1.807) is 12.1 Å². The molecule has 2 aromatic carbocycles. The van der Waals surface area contributed by atoms with Gasteiger partial charge in [-0.1, -0.05) is 67.3 Å². The number of hydrogen-bond donors (Lipinski definition) is 0. The zero-order valence-electron chi connectivity index (χ0n) is 15.5. The van der Waals surface area contributed by atoms with Crippen molar-refractivity contribution >= 4 is 17.5 Å². The van der Waals surface area contributed by atoms with E-state index in [1.807, 2.05) is 6.07 Å². The summed E-state index contributed by atoms with van der Waals surface area (Å²) in [5.74, 6) is -0.355. The lowest BCUT2D eigenvalue weighted by Crippen LogP contribution is -2.49. The van der Waals surface area contributed by atoms with Crippen LogP contribution in [0, 0.1) is 11.7 Å². The van der Waals surface area contributed by atoms with Crippen LogP contribution in [0.5, 0.6) is 0 Å². The van der Waals surface area contributed by atoms with E-state index in [0.29, 0.717) is 17.0 Å². The smallest absolute Gasteiger partial charge is 0.226 e. The zero-order valence-corrected chi connectivity index (χ0v) is 16.2. The van der Waals surface area contributed by atoms with E-state index in [1.165, 1.54) is 18.1 Å². The second-order valence-electron chi connectivity index (χ2n) is 7.84. The topological polar surface area (TPSA) is 20.3 Å². The van der Waals surface area contributed by atoms with Crippen molar-refractivity contribution in [2.45, 2.75) is 50.5 Å². The molecule has 1 aliphatic heterocycles. The monoisotopic (exact) mass is 385 g/mol. The highest BCUT2D eigenvalue weighted by atomic mass is 35.5. The molecule has 2 aromatic rings. The third-order valence-electron chi connectivity index (χ3n) is 6.34. The fourth-order valence-electron chi connectivity index (χ4n) is 4.93. The Bertz CT molecular complexity index is 796. The number of carbonyl (C=O) groups excluding carboxylic acids is 1. The minimum absolute atomic E-state index is 0.153. The first kappa shape index (κ1) is 18.5. The molecule has 2 fully saturated rings. The molecular formula is C23H25ClFNO. The molecule has 0 radical (unpaired) electrons. The number of benzene rings is 2. The Morgan fingerprint density at radius 3 is 2.48 bits per heavy atom. The van der Waals surface area contributed by atoms with E-state index in [0.717, 1.165) is 38.6 Å². The van der Waals surface area contributed by atoms with Crippen LogP contribution in [0.4, 0.5) is 4.39 Å². The van der Waals surface area contributed by atoms with Crippen molar-refractivity contribution in [3.63, 3.8) is 0 Å². The van der Waals surface area contributed by atoms with Crippen molar-refractivity contribution in [3.05, 3.63) is 70.5 Å². The minimum atomic E-state index is -0.316. The van der Waals surface area contributed by atoms with E-state index >= 15 is 0 Å². The summed E-state index contributed by atoms with van der Waals surface area (Å²) in [6, 6.07) is 15.2. The highest BCUT2D eigenvalue weighted by molar-refractivity contribution is 6.31. The van der Waals surface area contributed by atoms with Gasteiger partial charge in [0.1, 0.15) is 5.82 Å². The molecule has 1 saturated heterocycles. The highest BCUT2D eigenvalue weighted by Gasteiger charge is 2.46. The molecule has 0 spiro atoms. The molecule has 2 nitrogen and oxygen atoms in total. The van der Waals surface area contributed by atoms with Gasteiger partial charge >= 0.3 is 0 Å². The second-order valence-corrected chi connectivity index (χ2v) is 8.25. The lowest BCUT2D eigenvalue weighted by Gasteiger charge is -2.45. The maximum absolute atomic E-state index is 14.2. The van der Waals surface area contributed by atoms with Crippen LogP contribution < -0.4 is 0 Å². The summed E-state index contributed by atoms with van der Waals surface area (Å²) >= 11 is 6.20. The number of halogens is 2. The van der Waals surface area contributed by atoms with Crippen molar-refractivity contribution in [1.29, 1.82) is 0 Å². The molecule has 142 valence electrons. The average molecular weight is 386 g/mol. The summed E-state index contributed by atoms with van der Waals surface area (Å²) < 4.78 is 14.2. The number of rotatable bonds is 4. The first-order valence-corrected chi connectivity index (χ1v) is 10.3. The molecule has 4 rings (SSSR count). The van der Waals surface area contributed by atoms with Gasteiger partial charge < -0.3 is 4.90 Å². The summed E-state index contributed by atoms with van der Waals surface area (Å²) in [6.45, 7) is 0.741. The van der Waals surface area contributed by atoms with Gasteiger partial charge in [-0.15, -0.1) is 0 Å². The predicted octanol–water partition coefficient (Wildman–Crippen LogP) is 5.73. The molecule has 0 bridgehead atoms. The van der Waals surface area contributed by atoms with Gasteiger partial charge in [-0.05, 0) is 43.4 Å². The summed E-state index contributed by atoms with van der Waals surface area (Å²) in [7, 11) is 0. The van der Waals surface area contributed by atoms with Gasteiger partial charge in [0, 0.05) is 23.0 Å². The fourth-order valence-corrected chi connectivity index (χ4v) is 5.17. The van der Waals surface area contributed by atoms with Crippen LogP contribution in [-0.4, -0.2) is 17.4 Å². The molecule has 0 N–H and O–H groups in total. The molecular weight excluding hydrogens is 361 g/mol. The maximum atomic E-state index is 14.2. The molecule has 1 unspecified atom stereocenters. The van der Waals surface area contributed by atoms with Crippen LogP contribution in [0.25, 0.3) is 0 Å². The van der Waals surface area contributed by atoms with Gasteiger partial charge in [-0.2, -0.15) is 0 Å². The van der Waals surface area contributed by atoms with Crippen LogP contribution >= 0.6 is 11.6 Å². The number of hydrogen-bond acceptors (Lipinski definition) is 1. The molecule has 1 saturated carbocycles. The first-order chi connectivity index (χ1) is 13.1. The molecule has 4 heteroatoms. The Labute approximate surface area is 165 Å². The first-order valence-electron chi connectivity index (χ1n) is 9.92. The average Bonchev–Trinajstić information content (AvgIpc) is 3.07. The molecule has 2 aliphatic rings. The normalized spacial score (nSPS) is 22.2. The van der Waals surface area contributed by atoms with Gasteiger partial charge in [0.25, 0.3) is 0 Å². The number of carbonyl (C=O) groups is 1. The van der Waals surface area contributed by atoms with Crippen molar-refractivity contribution in [1.82, 2.24) is 4.90 Å². The standard InChI is InChI=1S/C23H25ClFNO/c24-20-10-7-11-21(25)19(20)16-17-12-15-26(22(17)27)23(13-5-2-6-14-23)18-8-3-1-4-9-18/h1,3-4,7-11,17H,2,5-6,12-16H2. The van der Waals surface area contributed by atoms with Crippen LogP contribution in [0.15, 0.2) is 48.5 Å². The van der Waals surface area contributed by atoms with Crippen LogP contribution in [0.2, 0.25) is 5.02 Å². The molecule has 1 aliphatic carbocycles. The fraction of sp³-hybridized carbons (Fsp3) is 0.435. The maximum Gasteiger partial charge on any atom is 0.226 e. The third kappa shape index (κ3) is 3.38. The number of amides is 1. The van der Waals surface area contributed by atoms with Crippen molar-refractivity contribution < 1.29 is 9.18 Å². The van der Waals surface area contributed by atoms with Crippen LogP contribution in [0.1, 0.15) is 49.7 Å². The summed E-state index contributed by atoms with van der Waals surface area (Å²) in [6.07, 6.45) is 6.67. The van der Waals surface area contributed by atoms with E-state index in [9.17, 15) is 9.18 Å². The van der Waals surface area contributed by atoms with Crippen molar-refractivity contribution in [3.8, 4) is 0 Å². The molecule has 0 aromatic heterocycles. The lowest BCUT2D eigenvalue weighted by molar-refractivity contribution is -0.138. The Balaban J connectivity index is 1.61. The Morgan fingerprint density at radius 1 is 1.04 bits per heavy atom. The van der Waals surface area contributed by atoms with Gasteiger partial charge in [-0.25, -0.2) is 4.39 Å². The van der Waals surface area contributed by atoms with Crippen molar-refractivity contribution in [2.75, 3.05) is 6.54 Å². The van der Waals surface area contributed by atoms with E-state index in [4.69, 9.17) is 11.6 Å². The minimum Gasteiger partial charge on any atom is -0.333 e. The van der Waals surface area contributed by atoms with Gasteiger partial charge in [0.15, 0.2) is 0 Å². The Hall–Kier alpha value is -1.87. The van der Waals surface area contributed by atoms with Crippen LogP contribution in [0.3, 0.4) is 0 Å². The third-order valence-corrected chi connectivity index (χ3v) is 6.69. The highest BCUT2D eigenvalue weighted by Crippen LogP contribution is 2.45. The zero-order chi connectivity index (χ0) is 18.9. The Morgan fingerprint density at radius 2 is 1.78 bits per heavy atom. The summed E-state index contributed by atoms with van der Waals surface area (Å²) in [4.78, 5) is 15.5. The predicted molar refractivity (Wildman–Crippen MR) is 106 cm³/mol. The van der Waals surface area contributed by atoms with Crippen molar-refractivity contribution in [2.24, 2.45) is 5.92 Å². The SMILES string of the molecule is O=C1C(Cc2c(F)cccc2Cl)CCN1C1(c2ccccc2)CCCCC1. The largest absolute Gasteiger partial charge is 0.333 e. The molecule has 1 heterocycles. The summed E-state index contributed by atoms with van der Waals surface area (Å²) in [5, 5.41) is 0.414. The Kier molecular flexibility index (Phi) is 5.23. The van der Waals surface area contributed by atoms with Crippen LogP contribution in [-0.2, 0) is 16.8 Å². The van der Waals surface area contributed by atoms with Gasteiger partial charge in [-0.3, -0.25) is 4.79 Å². The lowest BCUT2D eigenvalue weighted by atomic mass is 9.75. The molecule has 27 heavy (non-hydrogen) atoms. The van der Waals surface area contributed by atoms with E-state index in [-0.39, 0.29) is 23.2 Å². The molecule has 1 atom stereocenters.